The smallest absolute Gasteiger partial charge is 0.475 e. The molecule has 4 aromatic heterocycles. The molecular formula is C33H31ClF5N9O3. The van der Waals surface area contributed by atoms with Gasteiger partial charge in [0.05, 0.1) is 39.9 Å². The van der Waals surface area contributed by atoms with E-state index in [1.807, 2.05) is 24.8 Å². The standard InChI is InChI=1S/C33H31ClF5N9O3/c1-15-13-49-30-23-26(24(36)25(43-30)22-19-11-42-46-21(19)9-20(34)27(22)51-33(37,38)39)44-31(50-14-32-6-4-8-47(32)12-17(35)10-32)45-29(23)48(15)16(2)18-5-3-7-41-28(18)40/h3,5,7,9,11,15-17H,4,6,8,10,12-14H2,1-2H3,(H2,40,41)(H,42,46)/t15-,16+,17+,32-/m0/s1. The molecule has 12 nitrogen and oxygen atoms in total. The summed E-state index contributed by atoms with van der Waals surface area (Å²) in [6.07, 6.45) is -1.60. The van der Waals surface area contributed by atoms with Gasteiger partial charge in [0.25, 0.3) is 0 Å². The Hall–Kier alpha value is -4.77. The van der Waals surface area contributed by atoms with Crippen LogP contribution >= 0.6 is 11.6 Å². The predicted molar refractivity (Wildman–Crippen MR) is 177 cm³/mol. The van der Waals surface area contributed by atoms with E-state index in [9.17, 15) is 17.6 Å². The molecule has 2 saturated heterocycles. The summed E-state index contributed by atoms with van der Waals surface area (Å²) in [5.74, 6) is -1.68. The lowest BCUT2D eigenvalue weighted by atomic mass is 9.95. The van der Waals surface area contributed by atoms with Gasteiger partial charge in [0.2, 0.25) is 5.88 Å². The second kappa shape index (κ2) is 12.2. The molecule has 51 heavy (non-hydrogen) atoms. The highest BCUT2D eigenvalue weighted by Gasteiger charge is 2.49. The van der Waals surface area contributed by atoms with Crippen molar-refractivity contribution in [1.29, 1.82) is 0 Å². The molecule has 0 spiro atoms. The van der Waals surface area contributed by atoms with Gasteiger partial charge in [-0.05, 0) is 45.4 Å². The molecule has 18 heteroatoms. The molecule has 4 atom stereocenters. The molecule has 0 radical (unpaired) electrons. The van der Waals surface area contributed by atoms with Crippen molar-refractivity contribution in [2.45, 2.75) is 63.3 Å². The molecule has 8 rings (SSSR count). The summed E-state index contributed by atoms with van der Waals surface area (Å²) in [6, 6.07) is 3.58. The van der Waals surface area contributed by atoms with Crippen molar-refractivity contribution in [3.05, 3.63) is 47.0 Å². The SMILES string of the molecule is C[C@H](c1cccnc1N)N1c2nc(OC[C@@]34CCCN3C[C@H](F)C4)nc3c(F)c(-c4c(OC(F)(F)F)c(Cl)cc5[nH]ncc45)nc(c23)OC[C@@H]1C. The molecule has 3 aliphatic heterocycles. The number of pyridine rings is 2. The Balaban J connectivity index is 1.36. The topological polar surface area (TPSA) is 140 Å². The number of nitrogen functional groups attached to an aromatic ring is 1. The monoisotopic (exact) mass is 731 g/mol. The Labute approximate surface area is 292 Å². The number of alkyl halides is 4. The summed E-state index contributed by atoms with van der Waals surface area (Å²) in [4.78, 5) is 21.9. The van der Waals surface area contributed by atoms with Gasteiger partial charge in [0.15, 0.2) is 11.6 Å². The number of hydrogen-bond acceptors (Lipinski definition) is 11. The van der Waals surface area contributed by atoms with Crippen molar-refractivity contribution in [3.63, 3.8) is 0 Å². The lowest BCUT2D eigenvalue weighted by Crippen LogP contribution is -2.43. The van der Waals surface area contributed by atoms with Gasteiger partial charge in [0.1, 0.15) is 47.6 Å². The Morgan fingerprint density at radius 1 is 1.25 bits per heavy atom. The number of nitrogens with two attached hydrogens (primary N) is 1. The van der Waals surface area contributed by atoms with Crippen LogP contribution in [0.3, 0.4) is 0 Å². The Morgan fingerprint density at radius 3 is 2.86 bits per heavy atom. The van der Waals surface area contributed by atoms with Crippen LogP contribution in [0.5, 0.6) is 17.6 Å². The number of H-pyrrole nitrogens is 1. The first-order valence-corrected chi connectivity index (χ1v) is 16.7. The zero-order valence-corrected chi connectivity index (χ0v) is 28.0. The van der Waals surface area contributed by atoms with Gasteiger partial charge >= 0.3 is 12.4 Å². The second-order valence-electron chi connectivity index (χ2n) is 13.2. The van der Waals surface area contributed by atoms with Gasteiger partial charge in [-0.25, -0.2) is 18.7 Å². The van der Waals surface area contributed by atoms with Gasteiger partial charge in [-0.2, -0.15) is 15.1 Å². The number of aromatic amines is 1. The number of fused-ring (bicyclic) bond motifs is 2. The fraction of sp³-hybridized carbons (Fsp3) is 0.424. The molecule has 5 aromatic rings. The third kappa shape index (κ3) is 5.66. The minimum atomic E-state index is -5.19. The van der Waals surface area contributed by atoms with Crippen molar-refractivity contribution >= 4 is 45.0 Å². The van der Waals surface area contributed by atoms with Gasteiger partial charge in [-0.3, -0.25) is 10.00 Å². The number of nitrogens with zero attached hydrogens (tertiary/aromatic N) is 7. The maximum atomic E-state index is 17.2. The molecule has 1 aromatic carbocycles. The van der Waals surface area contributed by atoms with Crippen LogP contribution in [0.2, 0.25) is 5.02 Å². The number of ether oxygens (including phenoxy) is 3. The van der Waals surface area contributed by atoms with Crippen molar-refractivity contribution < 1.29 is 36.2 Å². The van der Waals surface area contributed by atoms with Crippen molar-refractivity contribution in [1.82, 2.24) is 35.0 Å². The van der Waals surface area contributed by atoms with E-state index < -0.39 is 58.0 Å². The van der Waals surface area contributed by atoms with Crippen molar-refractivity contribution in [3.8, 4) is 28.9 Å². The number of anilines is 2. The molecule has 0 unspecified atom stereocenters. The highest BCUT2D eigenvalue weighted by Crippen LogP contribution is 2.49. The van der Waals surface area contributed by atoms with E-state index in [-0.39, 0.29) is 71.5 Å². The van der Waals surface area contributed by atoms with E-state index in [1.165, 1.54) is 12.3 Å². The second-order valence-corrected chi connectivity index (χ2v) is 13.6. The fourth-order valence-electron chi connectivity index (χ4n) is 7.75. The molecule has 0 bridgehead atoms. The molecule has 0 amide bonds. The summed E-state index contributed by atoms with van der Waals surface area (Å²) in [5, 5.41) is 6.20. The van der Waals surface area contributed by atoms with E-state index in [0.717, 1.165) is 13.0 Å². The van der Waals surface area contributed by atoms with Gasteiger partial charge in [0, 0.05) is 30.1 Å². The van der Waals surface area contributed by atoms with Crippen LogP contribution in [-0.4, -0.2) is 85.5 Å². The maximum Gasteiger partial charge on any atom is 0.573 e. The van der Waals surface area contributed by atoms with E-state index in [4.69, 9.17) is 31.8 Å². The summed E-state index contributed by atoms with van der Waals surface area (Å²) >= 11 is 6.30. The molecule has 0 aliphatic carbocycles. The van der Waals surface area contributed by atoms with Crippen LogP contribution in [0.15, 0.2) is 30.6 Å². The zero-order chi connectivity index (χ0) is 35.8. The first kappa shape index (κ1) is 33.4. The van der Waals surface area contributed by atoms with Gasteiger partial charge in [-0.1, -0.05) is 17.7 Å². The number of halogens is 6. The molecule has 2 fully saturated rings. The van der Waals surface area contributed by atoms with E-state index >= 15 is 4.39 Å². The summed E-state index contributed by atoms with van der Waals surface area (Å²) in [7, 11) is 0. The third-order valence-corrected chi connectivity index (χ3v) is 10.3. The molecule has 0 saturated carbocycles. The first-order chi connectivity index (χ1) is 24.3. The Bertz CT molecular complexity index is 2170. The van der Waals surface area contributed by atoms with E-state index in [1.54, 1.807) is 12.3 Å². The minimum absolute atomic E-state index is 0.00274. The van der Waals surface area contributed by atoms with Crippen LogP contribution < -0.4 is 24.8 Å². The molecule has 268 valence electrons. The first-order valence-electron chi connectivity index (χ1n) is 16.3. The summed E-state index contributed by atoms with van der Waals surface area (Å²) in [5.41, 5.74) is 5.22. The lowest BCUT2D eigenvalue weighted by molar-refractivity contribution is -0.274. The minimum Gasteiger partial charge on any atom is -0.475 e. The van der Waals surface area contributed by atoms with Crippen LogP contribution in [0.25, 0.3) is 33.1 Å². The zero-order valence-electron chi connectivity index (χ0n) is 27.3. The quantitative estimate of drug-likeness (QED) is 0.176. The van der Waals surface area contributed by atoms with Crippen LogP contribution in [0.4, 0.5) is 33.6 Å². The highest BCUT2D eigenvalue weighted by molar-refractivity contribution is 6.33. The largest absolute Gasteiger partial charge is 0.573 e. The maximum absolute atomic E-state index is 17.2. The number of hydrogen-bond donors (Lipinski definition) is 2. The highest BCUT2D eigenvalue weighted by atomic mass is 35.5. The predicted octanol–water partition coefficient (Wildman–Crippen LogP) is 6.54. The number of aromatic nitrogens is 6. The molecule has 7 heterocycles. The number of benzene rings is 1. The van der Waals surface area contributed by atoms with Crippen LogP contribution in [0, 0.1) is 5.82 Å². The Kier molecular flexibility index (Phi) is 7.97. The molecule has 3 aliphatic rings. The Morgan fingerprint density at radius 2 is 2.08 bits per heavy atom. The average molecular weight is 732 g/mol. The van der Waals surface area contributed by atoms with Crippen molar-refractivity contribution in [2.24, 2.45) is 0 Å². The van der Waals surface area contributed by atoms with E-state index in [2.05, 4.69) is 34.8 Å². The molecular weight excluding hydrogens is 701 g/mol. The molecule has 3 N–H and O–H groups in total. The lowest BCUT2D eigenvalue weighted by Gasteiger charge is -2.35. The third-order valence-electron chi connectivity index (χ3n) is 9.97. The fourth-order valence-corrected chi connectivity index (χ4v) is 7.99. The van der Waals surface area contributed by atoms with E-state index in [0.29, 0.717) is 12.0 Å². The normalized spacial score (nSPS) is 22.6. The summed E-state index contributed by atoms with van der Waals surface area (Å²) in [6.45, 7) is 4.78. The summed E-state index contributed by atoms with van der Waals surface area (Å²) < 4.78 is 89.8. The van der Waals surface area contributed by atoms with Gasteiger partial charge < -0.3 is 24.8 Å². The van der Waals surface area contributed by atoms with Crippen molar-refractivity contribution in [2.75, 3.05) is 36.9 Å². The van der Waals surface area contributed by atoms with Crippen LogP contribution in [-0.2, 0) is 0 Å². The average Bonchev–Trinajstić information content (AvgIpc) is 3.75. The van der Waals surface area contributed by atoms with Crippen LogP contribution in [0.1, 0.15) is 44.7 Å². The number of nitrogens with one attached hydrogen (secondary N) is 1. The van der Waals surface area contributed by atoms with Gasteiger partial charge in [-0.15, -0.1) is 13.2 Å². The number of rotatable bonds is 7.